The minimum absolute atomic E-state index is 0. The van der Waals surface area contributed by atoms with Gasteiger partial charge in [0.15, 0.2) is 5.96 Å². The van der Waals surface area contributed by atoms with Crippen molar-refractivity contribution in [3.63, 3.8) is 0 Å². The molecule has 0 bridgehead atoms. The van der Waals surface area contributed by atoms with E-state index >= 15 is 0 Å². The highest BCUT2D eigenvalue weighted by molar-refractivity contribution is 14.0. The first kappa shape index (κ1) is 20.0. The van der Waals surface area contributed by atoms with Crippen LogP contribution in [0.2, 0.25) is 0 Å². The lowest BCUT2D eigenvalue weighted by atomic mass is 9.79. The van der Waals surface area contributed by atoms with Gasteiger partial charge >= 0.3 is 6.03 Å². The summed E-state index contributed by atoms with van der Waals surface area (Å²) in [6.07, 6.45) is 1.67. The number of guanidine groups is 1. The van der Waals surface area contributed by atoms with Gasteiger partial charge in [-0.1, -0.05) is 6.07 Å². The zero-order valence-electron chi connectivity index (χ0n) is 14.4. The average molecular weight is 477 g/mol. The number of amides is 3. The third kappa shape index (κ3) is 4.25. The summed E-state index contributed by atoms with van der Waals surface area (Å²) in [5.74, 6) is 0.800. The second-order valence-corrected chi connectivity index (χ2v) is 7.38. The number of thiophene rings is 1. The van der Waals surface area contributed by atoms with E-state index in [4.69, 9.17) is 0 Å². The number of carbonyl (C=O) groups excluding carboxylic acids is 2. The quantitative estimate of drug-likeness (QED) is 0.268. The van der Waals surface area contributed by atoms with E-state index in [-0.39, 0.29) is 35.8 Å². The number of nitrogens with zero attached hydrogens (tertiary/aromatic N) is 2. The van der Waals surface area contributed by atoms with E-state index in [1.54, 1.807) is 18.4 Å². The van der Waals surface area contributed by atoms with Gasteiger partial charge in [-0.05, 0) is 37.1 Å². The molecule has 1 atom stereocenters. The van der Waals surface area contributed by atoms with Crippen molar-refractivity contribution in [2.45, 2.75) is 31.8 Å². The van der Waals surface area contributed by atoms with Gasteiger partial charge in [-0.25, -0.2) is 4.79 Å². The first-order valence-corrected chi connectivity index (χ1v) is 9.02. The Morgan fingerprint density at radius 1 is 1.44 bits per heavy atom. The Labute approximate surface area is 168 Å². The van der Waals surface area contributed by atoms with Crippen molar-refractivity contribution in [2.75, 3.05) is 20.1 Å². The molecule has 2 saturated heterocycles. The van der Waals surface area contributed by atoms with Gasteiger partial charge in [-0.3, -0.25) is 15.1 Å². The fourth-order valence-electron chi connectivity index (χ4n) is 3.42. The van der Waals surface area contributed by atoms with Gasteiger partial charge in [0.25, 0.3) is 5.91 Å². The molecule has 2 aliphatic heterocycles. The zero-order valence-corrected chi connectivity index (χ0v) is 17.5. The molecule has 3 rings (SSSR count). The van der Waals surface area contributed by atoms with Gasteiger partial charge in [0.2, 0.25) is 0 Å². The number of carbonyl (C=O) groups is 2. The Morgan fingerprint density at radius 3 is 2.68 bits per heavy atom. The maximum atomic E-state index is 12.1. The monoisotopic (exact) mass is 477 g/mol. The van der Waals surface area contributed by atoms with Crippen LogP contribution in [0.25, 0.3) is 0 Å². The molecule has 0 aromatic carbocycles. The molecule has 138 valence electrons. The van der Waals surface area contributed by atoms with Crippen LogP contribution in [0.4, 0.5) is 4.79 Å². The Morgan fingerprint density at radius 2 is 2.16 bits per heavy atom. The second-order valence-electron chi connectivity index (χ2n) is 6.35. The molecule has 0 aliphatic carbocycles. The van der Waals surface area contributed by atoms with Crippen LogP contribution in [0.15, 0.2) is 22.5 Å². The summed E-state index contributed by atoms with van der Waals surface area (Å²) < 4.78 is 0. The molecule has 0 spiro atoms. The smallest absolute Gasteiger partial charge is 0.322 e. The summed E-state index contributed by atoms with van der Waals surface area (Å²) in [5.41, 5.74) is -0.795. The lowest BCUT2D eigenvalue weighted by Gasteiger charge is -2.39. The van der Waals surface area contributed by atoms with Crippen LogP contribution in [0.1, 0.15) is 24.6 Å². The molecule has 0 saturated carbocycles. The van der Waals surface area contributed by atoms with Crippen LogP contribution in [0.3, 0.4) is 0 Å². The summed E-state index contributed by atoms with van der Waals surface area (Å²) in [4.78, 5) is 31.4. The van der Waals surface area contributed by atoms with Crippen molar-refractivity contribution in [1.29, 1.82) is 0 Å². The maximum Gasteiger partial charge on any atom is 0.322 e. The fourth-order valence-corrected chi connectivity index (χ4v) is 4.07. The van der Waals surface area contributed by atoms with E-state index < -0.39 is 11.6 Å². The van der Waals surface area contributed by atoms with Gasteiger partial charge in [-0.2, -0.15) is 0 Å². The van der Waals surface area contributed by atoms with Crippen LogP contribution in [0, 0.1) is 5.92 Å². The van der Waals surface area contributed by atoms with Gasteiger partial charge in [0.05, 0.1) is 6.54 Å². The molecule has 9 heteroatoms. The van der Waals surface area contributed by atoms with Crippen molar-refractivity contribution in [2.24, 2.45) is 10.9 Å². The van der Waals surface area contributed by atoms with E-state index in [0.717, 1.165) is 38.4 Å². The van der Waals surface area contributed by atoms with Crippen LogP contribution < -0.4 is 16.0 Å². The zero-order chi connectivity index (χ0) is 17.2. The van der Waals surface area contributed by atoms with Crippen LogP contribution in [0.5, 0.6) is 0 Å². The van der Waals surface area contributed by atoms with Gasteiger partial charge in [-0.15, -0.1) is 35.3 Å². The highest BCUT2D eigenvalue weighted by Gasteiger charge is 2.48. The molecule has 1 aromatic heterocycles. The minimum atomic E-state index is -0.795. The average Bonchev–Trinajstić information content (AvgIpc) is 3.17. The number of aliphatic imine (C=N–C) groups is 1. The Bertz CT molecular complexity index is 643. The van der Waals surface area contributed by atoms with Crippen LogP contribution >= 0.6 is 35.3 Å². The number of urea groups is 1. The summed E-state index contributed by atoms with van der Waals surface area (Å²) in [6.45, 7) is 4.21. The third-order valence-electron chi connectivity index (χ3n) is 4.90. The largest absolute Gasteiger partial charge is 0.351 e. The van der Waals surface area contributed by atoms with Gasteiger partial charge in [0, 0.05) is 25.0 Å². The standard InChI is InChI=1S/C16H23N5O2S.HI/c1-16(13(22)19-15(23)20-16)11-5-7-21(8-6-11)14(17-2)18-10-12-4-3-9-24-12;/h3-4,9,11H,5-8,10H2,1-2H3,(H,17,18)(H2,19,20,22,23);1H. The number of halogens is 1. The third-order valence-corrected chi connectivity index (χ3v) is 5.77. The molecular formula is C16H24IN5O2S. The second kappa shape index (κ2) is 8.35. The lowest BCUT2D eigenvalue weighted by Crippen LogP contribution is -2.55. The first-order valence-electron chi connectivity index (χ1n) is 8.14. The van der Waals surface area contributed by atoms with Crippen molar-refractivity contribution >= 4 is 53.2 Å². The Hall–Kier alpha value is -1.36. The predicted molar refractivity (Wildman–Crippen MR) is 109 cm³/mol. The fraction of sp³-hybridized carbons (Fsp3) is 0.562. The lowest BCUT2D eigenvalue weighted by molar-refractivity contribution is -0.125. The van der Waals surface area contributed by atoms with Crippen molar-refractivity contribution < 1.29 is 9.59 Å². The van der Waals surface area contributed by atoms with Crippen molar-refractivity contribution in [3.8, 4) is 0 Å². The number of imide groups is 1. The molecule has 7 nitrogen and oxygen atoms in total. The number of likely N-dealkylation sites (tertiary alicyclic amines) is 1. The highest BCUT2D eigenvalue weighted by atomic mass is 127. The SMILES string of the molecule is CN=C(NCc1cccs1)N1CCC(C2(C)NC(=O)NC2=O)CC1.I. The molecule has 2 fully saturated rings. The summed E-state index contributed by atoms with van der Waals surface area (Å²) in [5, 5.41) is 10.6. The molecule has 25 heavy (non-hydrogen) atoms. The predicted octanol–water partition coefficient (Wildman–Crippen LogP) is 1.75. The minimum Gasteiger partial charge on any atom is -0.351 e. The van der Waals surface area contributed by atoms with Gasteiger partial charge < -0.3 is 15.5 Å². The number of nitrogens with one attached hydrogen (secondary N) is 3. The Balaban J connectivity index is 0.00000225. The van der Waals surface area contributed by atoms with E-state index in [2.05, 4.69) is 37.3 Å². The summed E-state index contributed by atoms with van der Waals surface area (Å²) in [6, 6.07) is 3.75. The molecule has 3 amide bonds. The molecular weight excluding hydrogens is 453 g/mol. The topological polar surface area (TPSA) is 85.8 Å². The Kier molecular flexibility index (Phi) is 6.66. The molecule has 3 heterocycles. The molecule has 1 unspecified atom stereocenters. The number of hydrogen-bond acceptors (Lipinski definition) is 4. The summed E-state index contributed by atoms with van der Waals surface area (Å²) >= 11 is 1.72. The van der Waals surface area contributed by atoms with Crippen LogP contribution in [-0.2, 0) is 11.3 Å². The summed E-state index contributed by atoms with van der Waals surface area (Å²) in [7, 11) is 1.79. The van der Waals surface area contributed by atoms with Crippen molar-refractivity contribution in [1.82, 2.24) is 20.9 Å². The number of rotatable bonds is 3. The molecule has 0 radical (unpaired) electrons. The van der Waals surface area contributed by atoms with E-state index in [1.165, 1.54) is 4.88 Å². The normalized spacial score (nSPS) is 24.6. The number of hydrogen-bond donors (Lipinski definition) is 3. The van der Waals surface area contributed by atoms with Crippen molar-refractivity contribution in [3.05, 3.63) is 22.4 Å². The number of piperidine rings is 1. The van der Waals surface area contributed by atoms with E-state index in [0.29, 0.717) is 0 Å². The highest BCUT2D eigenvalue weighted by Crippen LogP contribution is 2.30. The van der Waals surface area contributed by atoms with E-state index in [1.807, 2.05) is 13.0 Å². The molecule has 3 N–H and O–H groups in total. The first-order chi connectivity index (χ1) is 11.5. The molecule has 1 aromatic rings. The van der Waals surface area contributed by atoms with Crippen LogP contribution in [-0.4, -0.2) is 48.5 Å². The van der Waals surface area contributed by atoms with Gasteiger partial charge in [0.1, 0.15) is 5.54 Å². The molecule has 2 aliphatic rings. The van der Waals surface area contributed by atoms with E-state index in [9.17, 15) is 9.59 Å². The maximum absolute atomic E-state index is 12.1.